The highest BCUT2D eigenvalue weighted by molar-refractivity contribution is 5.81. The van der Waals surface area contributed by atoms with E-state index in [2.05, 4.69) is 10.5 Å². The number of benzene rings is 2. The zero-order chi connectivity index (χ0) is 18.6. The quantitative estimate of drug-likeness (QED) is 0.483. The van der Waals surface area contributed by atoms with Gasteiger partial charge in [-0.15, -0.1) is 0 Å². The number of phenols is 1. The molecule has 0 radical (unpaired) electrons. The minimum absolute atomic E-state index is 0.132. The summed E-state index contributed by atoms with van der Waals surface area (Å²) in [7, 11) is 1.38. The molecular formula is C15H12F3N3O4. The topological polar surface area (TPSA) is 97.0 Å². The summed E-state index contributed by atoms with van der Waals surface area (Å²) in [5, 5.41) is 24.3. The minimum Gasteiger partial charge on any atom is -0.504 e. The monoisotopic (exact) mass is 355 g/mol. The first-order valence-corrected chi connectivity index (χ1v) is 6.74. The molecule has 0 aliphatic carbocycles. The van der Waals surface area contributed by atoms with Crippen LogP contribution in [0.1, 0.15) is 11.1 Å². The molecule has 0 unspecified atom stereocenters. The Morgan fingerprint density at radius 2 is 2.00 bits per heavy atom. The first-order chi connectivity index (χ1) is 11.7. The van der Waals surface area contributed by atoms with Gasteiger partial charge in [-0.25, -0.2) is 0 Å². The van der Waals surface area contributed by atoms with Gasteiger partial charge in [-0.05, 0) is 35.9 Å². The lowest BCUT2D eigenvalue weighted by Gasteiger charge is -2.08. The Morgan fingerprint density at radius 1 is 1.28 bits per heavy atom. The molecule has 0 fully saturated rings. The van der Waals surface area contributed by atoms with Gasteiger partial charge in [-0.2, -0.15) is 18.3 Å². The number of hydrazone groups is 1. The maximum absolute atomic E-state index is 12.6. The van der Waals surface area contributed by atoms with E-state index in [0.29, 0.717) is 17.7 Å². The summed E-state index contributed by atoms with van der Waals surface area (Å²) in [5.41, 5.74) is 0.670. The molecule has 0 spiro atoms. The molecule has 2 aromatic rings. The van der Waals surface area contributed by atoms with Crippen molar-refractivity contribution in [2.45, 2.75) is 6.18 Å². The Balaban J connectivity index is 2.22. The molecule has 25 heavy (non-hydrogen) atoms. The summed E-state index contributed by atoms with van der Waals surface area (Å²) < 4.78 is 42.8. The number of methoxy groups -OCH3 is 1. The van der Waals surface area contributed by atoms with Crippen molar-refractivity contribution in [2.24, 2.45) is 5.10 Å². The Kier molecular flexibility index (Phi) is 5.11. The fourth-order valence-corrected chi connectivity index (χ4v) is 1.92. The van der Waals surface area contributed by atoms with E-state index in [4.69, 9.17) is 4.74 Å². The van der Waals surface area contributed by atoms with E-state index in [-0.39, 0.29) is 17.2 Å². The fraction of sp³-hybridized carbons (Fsp3) is 0.133. The highest BCUT2D eigenvalue weighted by Gasteiger charge is 2.33. The van der Waals surface area contributed by atoms with Crippen LogP contribution in [0.25, 0.3) is 0 Å². The molecule has 7 nitrogen and oxygen atoms in total. The van der Waals surface area contributed by atoms with E-state index in [1.165, 1.54) is 25.5 Å². The first-order valence-electron chi connectivity index (χ1n) is 6.74. The van der Waals surface area contributed by atoms with Gasteiger partial charge in [0, 0.05) is 6.07 Å². The lowest BCUT2D eigenvalue weighted by molar-refractivity contribution is -0.384. The predicted molar refractivity (Wildman–Crippen MR) is 84.0 cm³/mol. The average molecular weight is 355 g/mol. The summed E-state index contributed by atoms with van der Waals surface area (Å²) in [6.07, 6.45) is -3.45. The van der Waals surface area contributed by atoms with Crippen LogP contribution in [0.2, 0.25) is 0 Å². The molecule has 0 aliphatic heterocycles. The second-order valence-electron chi connectivity index (χ2n) is 4.79. The smallest absolute Gasteiger partial charge is 0.416 e. The van der Waals surface area contributed by atoms with E-state index in [0.717, 1.165) is 6.07 Å². The number of alkyl halides is 3. The number of hydrogen-bond donors (Lipinski definition) is 2. The average Bonchev–Trinajstić information content (AvgIpc) is 2.54. The lowest BCUT2D eigenvalue weighted by Crippen LogP contribution is -2.06. The van der Waals surface area contributed by atoms with Gasteiger partial charge in [0.15, 0.2) is 11.5 Å². The number of rotatable bonds is 5. The Labute approximate surface area is 139 Å². The summed E-state index contributed by atoms with van der Waals surface area (Å²) in [5.74, 6) is 0.121. The van der Waals surface area contributed by atoms with Crippen LogP contribution in [-0.2, 0) is 6.18 Å². The zero-order valence-corrected chi connectivity index (χ0v) is 12.7. The highest BCUT2D eigenvalue weighted by atomic mass is 19.4. The molecule has 0 bridgehead atoms. The van der Waals surface area contributed by atoms with Crippen LogP contribution in [0.5, 0.6) is 11.5 Å². The normalized spacial score (nSPS) is 11.5. The van der Waals surface area contributed by atoms with Crippen LogP contribution in [0, 0.1) is 10.1 Å². The van der Waals surface area contributed by atoms with E-state index in [9.17, 15) is 28.4 Å². The SMILES string of the molecule is COc1ccc(/C=N\Nc2ccc(C(F)(F)F)cc2[N+](=O)[O-])cc1O. The first kappa shape index (κ1) is 18.0. The van der Waals surface area contributed by atoms with Gasteiger partial charge in [0.1, 0.15) is 5.69 Å². The molecule has 0 heterocycles. The van der Waals surface area contributed by atoms with Gasteiger partial charge in [0.2, 0.25) is 0 Å². The van der Waals surface area contributed by atoms with E-state index >= 15 is 0 Å². The molecule has 2 aromatic carbocycles. The number of nitrogens with zero attached hydrogens (tertiary/aromatic N) is 2. The summed E-state index contributed by atoms with van der Waals surface area (Å²) >= 11 is 0. The second-order valence-corrected chi connectivity index (χ2v) is 4.79. The molecular weight excluding hydrogens is 343 g/mol. The number of anilines is 1. The van der Waals surface area contributed by atoms with Gasteiger partial charge in [0.05, 0.1) is 23.8 Å². The molecule has 2 N–H and O–H groups in total. The molecule has 0 saturated heterocycles. The van der Waals surface area contributed by atoms with Gasteiger partial charge in [-0.1, -0.05) is 0 Å². The van der Waals surface area contributed by atoms with E-state index in [1.54, 1.807) is 6.07 Å². The third kappa shape index (κ3) is 4.37. The molecule has 132 valence electrons. The van der Waals surface area contributed by atoms with Gasteiger partial charge >= 0.3 is 6.18 Å². The van der Waals surface area contributed by atoms with Crippen LogP contribution >= 0.6 is 0 Å². The van der Waals surface area contributed by atoms with Crippen LogP contribution in [0.4, 0.5) is 24.5 Å². The van der Waals surface area contributed by atoms with Crippen LogP contribution in [-0.4, -0.2) is 23.4 Å². The van der Waals surface area contributed by atoms with Crippen LogP contribution < -0.4 is 10.2 Å². The van der Waals surface area contributed by atoms with Crippen molar-refractivity contribution in [2.75, 3.05) is 12.5 Å². The maximum Gasteiger partial charge on any atom is 0.416 e. The van der Waals surface area contributed by atoms with Crippen molar-refractivity contribution in [1.29, 1.82) is 0 Å². The van der Waals surface area contributed by atoms with Crippen molar-refractivity contribution in [3.8, 4) is 11.5 Å². The molecule has 0 saturated carbocycles. The van der Waals surface area contributed by atoms with Crippen molar-refractivity contribution in [3.63, 3.8) is 0 Å². The lowest BCUT2D eigenvalue weighted by atomic mass is 10.1. The minimum atomic E-state index is -4.69. The number of nitro benzene ring substituents is 1. The Bertz CT molecular complexity index is 822. The standard InChI is InChI=1S/C15H12F3N3O4/c1-25-14-5-2-9(6-13(14)22)8-19-20-11-4-3-10(15(16,17)18)7-12(11)21(23)24/h2-8,20,22H,1H3/b19-8-. The van der Waals surface area contributed by atoms with Crippen LogP contribution in [0.3, 0.4) is 0 Å². The molecule has 0 aliphatic rings. The Morgan fingerprint density at radius 3 is 2.56 bits per heavy atom. The number of aromatic hydroxyl groups is 1. The van der Waals surface area contributed by atoms with Crippen molar-refractivity contribution in [1.82, 2.24) is 0 Å². The third-order valence-corrected chi connectivity index (χ3v) is 3.12. The molecule has 0 amide bonds. The van der Waals surface area contributed by atoms with Crippen molar-refractivity contribution >= 4 is 17.6 Å². The largest absolute Gasteiger partial charge is 0.504 e. The number of ether oxygens (including phenoxy) is 1. The van der Waals surface area contributed by atoms with Gasteiger partial charge in [-0.3, -0.25) is 15.5 Å². The number of nitrogens with one attached hydrogen (secondary N) is 1. The van der Waals surface area contributed by atoms with E-state index in [1.807, 2.05) is 0 Å². The van der Waals surface area contributed by atoms with Crippen molar-refractivity contribution in [3.05, 3.63) is 57.6 Å². The zero-order valence-electron chi connectivity index (χ0n) is 12.7. The molecule has 10 heteroatoms. The number of phenolic OH excluding ortho intramolecular Hbond substituents is 1. The van der Waals surface area contributed by atoms with Gasteiger partial charge in [0.25, 0.3) is 5.69 Å². The number of hydrogen-bond acceptors (Lipinski definition) is 6. The highest BCUT2D eigenvalue weighted by Crippen LogP contribution is 2.35. The van der Waals surface area contributed by atoms with E-state index < -0.39 is 22.4 Å². The second kappa shape index (κ2) is 7.07. The molecule has 2 rings (SSSR count). The summed E-state index contributed by atoms with van der Waals surface area (Å²) in [6.45, 7) is 0. The molecule has 0 aromatic heterocycles. The predicted octanol–water partition coefficient (Wildman–Crippen LogP) is 3.77. The third-order valence-electron chi connectivity index (χ3n) is 3.12. The molecule has 0 atom stereocenters. The van der Waals surface area contributed by atoms with Crippen molar-refractivity contribution < 1.29 is 27.9 Å². The number of nitro groups is 1. The summed E-state index contributed by atoms with van der Waals surface area (Å²) in [6, 6.07) is 6.44. The van der Waals surface area contributed by atoms with Crippen LogP contribution in [0.15, 0.2) is 41.5 Å². The van der Waals surface area contributed by atoms with Gasteiger partial charge < -0.3 is 9.84 Å². The summed E-state index contributed by atoms with van der Waals surface area (Å²) in [4.78, 5) is 10.0. The number of halogens is 3. The maximum atomic E-state index is 12.6. The fourth-order valence-electron chi connectivity index (χ4n) is 1.92. The Hall–Kier alpha value is -3.30.